The fourth-order valence-corrected chi connectivity index (χ4v) is 4.79. The lowest BCUT2D eigenvalue weighted by Crippen LogP contribution is -2.57. The molecule has 2 bridgehead atoms. The molecular weight excluding hydrogens is 234 g/mol. The predicted molar refractivity (Wildman–Crippen MR) is 77.2 cm³/mol. The van der Waals surface area contributed by atoms with E-state index in [1.165, 1.54) is 37.8 Å². The van der Waals surface area contributed by atoms with E-state index in [1.54, 1.807) is 0 Å². The zero-order valence-electron chi connectivity index (χ0n) is 11.5. The van der Waals surface area contributed by atoms with Gasteiger partial charge in [-0.3, -0.25) is 0 Å². The zero-order valence-corrected chi connectivity index (χ0v) is 11.5. The molecular formula is C17H21NO. The van der Waals surface area contributed by atoms with Crippen LogP contribution in [0.5, 0.6) is 5.75 Å². The third kappa shape index (κ3) is 1.41. The lowest BCUT2D eigenvalue weighted by molar-refractivity contribution is 0.0264. The quantitative estimate of drug-likeness (QED) is 0.769. The topological polar surface area (TPSA) is 23.5 Å². The van der Waals surface area contributed by atoms with Crippen molar-refractivity contribution in [2.45, 2.75) is 37.1 Å². The minimum atomic E-state index is 0.290. The summed E-state index contributed by atoms with van der Waals surface area (Å²) in [4.78, 5) is 2.54. The molecule has 19 heavy (non-hydrogen) atoms. The summed E-state index contributed by atoms with van der Waals surface area (Å²) < 4.78 is 0. The van der Waals surface area contributed by atoms with Gasteiger partial charge >= 0.3 is 0 Å². The van der Waals surface area contributed by atoms with E-state index in [0.29, 0.717) is 17.7 Å². The summed E-state index contributed by atoms with van der Waals surface area (Å²) in [6.45, 7) is 1.18. The van der Waals surface area contributed by atoms with Crippen molar-refractivity contribution in [3.8, 4) is 5.75 Å². The van der Waals surface area contributed by atoms with Crippen LogP contribution in [0, 0.1) is 5.92 Å². The highest BCUT2D eigenvalue weighted by Crippen LogP contribution is 2.55. The molecule has 3 atom stereocenters. The number of benzene rings is 1. The average molecular weight is 255 g/mol. The third-order valence-corrected chi connectivity index (χ3v) is 5.74. The Hall–Kier alpha value is -1.28. The third-order valence-electron chi connectivity index (χ3n) is 5.74. The Balaban J connectivity index is 1.91. The van der Waals surface area contributed by atoms with Crippen molar-refractivity contribution >= 4 is 6.08 Å². The van der Waals surface area contributed by atoms with Gasteiger partial charge in [0.2, 0.25) is 0 Å². The Kier molecular flexibility index (Phi) is 2.34. The molecule has 0 radical (unpaired) electrons. The molecule has 1 heterocycles. The van der Waals surface area contributed by atoms with Crippen LogP contribution in [0.3, 0.4) is 0 Å². The van der Waals surface area contributed by atoms with Crippen molar-refractivity contribution in [1.29, 1.82) is 0 Å². The summed E-state index contributed by atoms with van der Waals surface area (Å²) in [5, 5.41) is 10.1. The van der Waals surface area contributed by atoms with Gasteiger partial charge in [-0.25, -0.2) is 0 Å². The number of hydrogen-bond donors (Lipinski definition) is 1. The largest absolute Gasteiger partial charge is 0.507 e. The average Bonchev–Trinajstić information content (AvgIpc) is 2.43. The fourth-order valence-electron chi connectivity index (χ4n) is 4.79. The molecule has 0 amide bonds. The summed E-state index contributed by atoms with van der Waals surface area (Å²) in [6.07, 6.45) is 9.68. The van der Waals surface area contributed by atoms with Crippen LogP contribution in [0.25, 0.3) is 6.08 Å². The van der Waals surface area contributed by atoms with E-state index < -0.39 is 0 Å². The molecule has 1 aromatic carbocycles. The van der Waals surface area contributed by atoms with Crippen molar-refractivity contribution < 1.29 is 5.11 Å². The molecule has 1 aromatic rings. The van der Waals surface area contributed by atoms with E-state index in [1.807, 2.05) is 12.1 Å². The minimum Gasteiger partial charge on any atom is -0.507 e. The van der Waals surface area contributed by atoms with Gasteiger partial charge in [0.15, 0.2) is 0 Å². The molecule has 0 aromatic heterocycles. The van der Waals surface area contributed by atoms with Gasteiger partial charge in [-0.05, 0) is 44.5 Å². The molecule has 1 saturated carbocycles. The highest BCUT2D eigenvalue weighted by Gasteiger charge is 2.51. The van der Waals surface area contributed by atoms with E-state index in [2.05, 4.69) is 30.2 Å². The molecule has 0 spiro atoms. The fraction of sp³-hybridized carbons (Fsp3) is 0.529. The Labute approximate surface area is 114 Å². The second-order valence-electron chi connectivity index (χ2n) is 6.47. The molecule has 2 nitrogen and oxygen atoms in total. The van der Waals surface area contributed by atoms with Crippen LogP contribution in [0.1, 0.15) is 36.8 Å². The predicted octanol–water partition coefficient (Wildman–Crippen LogP) is 3.16. The van der Waals surface area contributed by atoms with Crippen molar-refractivity contribution in [2.24, 2.45) is 5.92 Å². The molecule has 100 valence electrons. The molecule has 2 aliphatic carbocycles. The van der Waals surface area contributed by atoms with Crippen molar-refractivity contribution in [3.05, 3.63) is 35.4 Å². The Morgan fingerprint density at radius 2 is 2.21 bits per heavy atom. The van der Waals surface area contributed by atoms with E-state index in [-0.39, 0.29) is 5.41 Å². The number of nitrogens with zero attached hydrogens (tertiary/aromatic N) is 1. The van der Waals surface area contributed by atoms with Crippen molar-refractivity contribution in [3.63, 3.8) is 0 Å². The van der Waals surface area contributed by atoms with Crippen LogP contribution < -0.4 is 0 Å². The molecule has 1 saturated heterocycles. The van der Waals surface area contributed by atoms with Crippen LogP contribution >= 0.6 is 0 Å². The van der Waals surface area contributed by atoms with Crippen molar-refractivity contribution in [1.82, 2.24) is 4.90 Å². The van der Waals surface area contributed by atoms with Gasteiger partial charge < -0.3 is 10.0 Å². The Morgan fingerprint density at radius 1 is 1.32 bits per heavy atom. The lowest BCUT2D eigenvalue weighted by Gasteiger charge is -2.56. The first-order chi connectivity index (χ1) is 9.22. The van der Waals surface area contributed by atoms with Crippen LogP contribution in [0.2, 0.25) is 0 Å². The summed E-state index contributed by atoms with van der Waals surface area (Å²) in [6, 6.07) is 6.77. The standard InChI is InChI=1S/C17H21NO/c1-18-11-10-17-9-3-5-15(18)14(17)8-7-12-13(17)4-2-6-16(12)19/h2,4,6-8,14-15,19H,3,5,9-11H2,1H3/t14-,15+,17+/m1/s1. The van der Waals surface area contributed by atoms with E-state index in [0.717, 1.165) is 5.56 Å². The van der Waals surface area contributed by atoms with Crippen LogP contribution in [0.15, 0.2) is 24.3 Å². The number of likely N-dealkylation sites (tertiary alicyclic amines) is 1. The summed E-state index contributed by atoms with van der Waals surface area (Å²) in [7, 11) is 2.27. The highest BCUT2D eigenvalue weighted by molar-refractivity contribution is 5.66. The SMILES string of the molecule is CN1CC[C@]23CCC[C@H]1[C@H]2C=Cc1c(O)cccc13. The number of hydrogen-bond acceptors (Lipinski definition) is 2. The smallest absolute Gasteiger partial charge is 0.123 e. The van der Waals surface area contributed by atoms with Gasteiger partial charge in [0.25, 0.3) is 0 Å². The highest BCUT2D eigenvalue weighted by atomic mass is 16.3. The first-order valence-electron chi connectivity index (χ1n) is 7.43. The van der Waals surface area contributed by atoms with Crippen molar-refractivity contribution in [2.75, 3.05) is 13.6 Å². The van der Waals surface area contributed by atoms with Gasteiger partial charge in [0, 0.05) is 22.9 Å². The second-order valence-corrected chi connectivity index (χ2v) is 6.47. The Morgan fingerprint density at radius 3 is 3.11 bits per heavy atom. The molecule has 3 aliphatic rings. The number of rotatable bonds is 0. The van der Waals surface area contributed by atoms with E-state index >= 15 is 0 Å². The summed E-state index contributed by atoms with van der Waals surface area (Å²) in [5.41, 5.74) is 2.76. The number of phenolic OH excluding ortho intramolecular Hbond substituents is 1. The molecule has 0 unspecified atom stereocenters. The maximum atomic E-state index is 10.1. The first-order valence-corrected chi connectivity index (χ1v) is 7.43. The van der Waals surface area contributed by atoms with E-state index in [4.69, 9.17) is 0 Å². The maximum absolute atomic E-state index is 10.1. The van der Waals surface area contributed by atoms with Gasteiger partial charge in [-0.15, -0.1) is 0 Å². The van der Waals surface area contributed by atoms with Crippen LogP contribution in [-0.2, 0) is 5.41 Å². The maximum Gasteiger partial charge on any atom is 0.123 e. The zero-order chi connectivity index (χ0) is 13.0. The minimum absolute atomic E-state index is 0.290. The van der Waals surface area contributed by atoms with Crippen LogP contribution in [-0.4, -0.2) is 29.6 Å². The molecule has 2 heteroatoms. The Bertz CT molecular complexity index is 550. The second kappa shape index (κ2) is 3.86. The summed E-state index contributed by atoms with van der Waals surface area (Å²) >= 11 is 0. The van der Waals surface area contributed by atoms with Gasteiger partial charge in [0.1, 0.15) is 5.75 Å². The molecule has 1 N–H and O–H groups in total. The molecule has 4 rings (SSSR count). The van der Waals surface area contributed by atoms with E-state index in [9.17, 15) is 5.11 Å². The number of phenols is 1. The van der Waals surface area contributed by atoms with Gasteiger partial charge in [-0.1, -0.05) is 30.7 Å². The number of piperidine rings is 1. The molecule has 2 fully saturated rings. The number of aromatic hydroxyl groups is 1. The molecule has 1 aliphatic heterocycles. The van der Waals surface area contributed by atoms with Gasteiger partial charge in [0.05, 0.1) is 0 Å². The van der Waals surface area contributed by atoms with Gasteiger partial charge in [-0.2, -0.15) is 0 Å². The monoisotopic (exact) mass is 255 g/mol. The number of fused-ring (bicyclic) bond motifs is 1. The normalized spacial score (nSPS) is 36.7. The summed E-state index contributed by atoms with van der Waals surface area (Å²) in [5.74, 6) is 1.08. The van der Waals surface area contributed by atoms with Crippen LogP contribution in [0.4, 0.5) is 0 Å². The first kappa shape index (κ1) is 11.5. The lowest BCUT2D eigenvalue weighted by atomic mass is 9.54.